The van der Waals surface area contributed by atoms with Crippen molar-refractivity contribution < 1.29 is 22.9 Å². The number of rotatable bonds is 6. The third-order valence-corrected chi connectivity index (χ3v) is 5.70. The molecule has 0 atom stereocenters. The summed E-state index contributed by atoms with van der Waals surface area (Å²) in [4.78, 5) is 27.4. The zero-order valence-corrected chi connectivity index (χ0v) is 17.3. The number of alkyl halides is 3. The van der Waals surface area contributed by atoms with Gasteiger partial charge in [0.2, 0.25) is 0 Å². The lowest BCUT2D eigenvalue weighted by Gasteiger charge is -2.35. The highest BCUT2D eigenvalue weighted by atomic mass is 19.4. The lowest BCUT2D eigenvalue weighted by atomic mass is 10.1. The molecule has 0 aromatic heterocycles. The minimum absolute atomic E-state index is 0.120. The molecule has 2 aromatic rings. The van der Waals surface area contributed by atoms with Gasteiger partial charge in [-0.25, -0.2) is 0 Å². The summed E-state index contributed by atoms with van der Waals surface area (Å²) in [5.74, 6) is -0.287. The third kappa shape index (κ3) is 5.18. The van der Waals surface area contributed by atoms with Gasteiger partial charge in [0.1, 0.15) is 5.69 Å². The van der Waals surface area contributed by atoms with E-state index >= 15 is 0 Å². The molecule has 2 aromatic carbocycles. The van der Waals surface area contributed by atoms with Crippen molar-refractivity contribution in [2.45, 2.75) is 31.6 Å². The molecule has 7 nitrogen and oxygen atoms in total. The van der Waals surface area contributed by atoms with Crippen molar-refractivity contribution in [2.75, 3.05) is 31.5 Å². The van der Waals surface area contributed by atoms with Crippen LogP contribution in [0.4, 0.5) is 24.5 Å². The molecule has 32 heavy (non-hydrogen) atoms. The SMILES string of the molecule is O=C(c1ccc(NC2CC2)c([N+](=O)[O-])c1)N1CCN(Cc2cccc(C(F)(F)F)c2)CC1. The van der Waals surface area contributed by atoms with Crippen LogP contribution in [0.1, 0.15) is 34.3 Å². The van der Waals surface area contributed by atoms with Gasteiger partial charge in [-0.1, -0.05) is 18.2 Å². The molecule has 1 amide bonds. The van der Waals surface area contributed by atoms with E-state index in [1.54, 1.807) is 23.1 Å². The van der Waals surface area contributed by atoms with E-state index in [1.165, 1.54) is 12.1 Å². The number of benzene rings is 2. The summed E-state index contributed by atoms with van der Waals surface area (Å²) >= 11 is 0. The molecule has 0 unspecified atom stereocenters. The highest BCUT2D eigenvalue weighted by Crippen LogP contribution is 2.32. The minimum Gasteiger partial charge on any atom is -0.377 e. The summed E-state index contributed by atoms with van der Waals surface area (Å²) in [6.07, 6.45) is -2.43. The second-order valence-electron chi connectivity index (χ2n) is 8.17. The van der Waals surface area contributed by atoms with Crippen molar-refractivity contribution >= 4 is 17.3 Å². The normalized spacial score (nSPS) is 17.3. The zero-order chi connectivity index (χ0) is 22.9. The van der Waals surface area contributed by atoms with Crippen molar-refractivity contribution in [1.29, 1.82) is 0 Å². The average molecular weight is 448 g/mol. The van der Waals surface area contributed by atoms with Crippen LogP contribution in [0.25, 0.3) is 0 Å². The molecule has 2 fully saturated rings. The quantitative estimate of drug-likeness (QED) is 0.531. The van der Waals surface area contributed by atoms with Crippen LogP contribution in [0.2, 0.25) is 0 Å². The van der Waals surface area contributed by atoms with Crippen LogP contribution in [-0.2, 0) is 12.7 Å². The van der Waals surface area contributed by atoms with E-state index in [9.17, 15) is 28.1 Å². The maximum Gasteiger partial charge on any atom is 0.416 e. The largest absolute Gasteiger partial charge is 0.416 e. The first-order valence-electron chi connectivity index (χ1n) is 10.4. The first kappa shape index (κ1) is 22.1. The molecule has 1 saturated carbocycles. The topological polar surface area (TPSA) is 78.7 Å². The molecule has 0 spiro atoms. The van der Waals surface area contributed by atoms with Crippen LogP contribution in [0.5, 0.6) is 0 Å². The molecule has 1 heterocycles. The Morgan fingerprint density at radius 2 is 1.81 bits per heavy atom. The number of hydrogen-bond donors (Lipinski definition) is 1. The number of carbonyl (C=O) groups excluding carboxylic acids is 1. The highest BCUT2D eigenvalue weighted by molar-refractivity contribution is 5.95. The van der Waals surface area contributed by atoms with Crippen LogP contribution in [0, 0.1) is 10.1 Å². The van der Waals surface area contributed by atoms with Gasteiger partial charge in [0.25, 0.3) is 11.6 Å². The zero-order valence-electron chi connectivity index (χ0n) is 17.3. The number of carbonyl (C=O) groups is 1. The Kier molecular flexibility index (Phi) is 6.05. The Morgan fingerprint density at radius 1 is 1.09 bits per heavy atom. The fraction of sp³-hybridized carbons (Fsp3) is 0.409. The second kappa shape index (κ2) is 8.78. The van der Waals surface area contributed by atoms with Crippen molar-refractivity contribution in [3.63, 3.8) is 0 Å². The van der Waals surface area contributed by atoms with E-state index in [1.807, 2.05) is 4.90 Å². The molecule has 1 aliphatic heterocycles. The lowest BCUT2D eigenvalue weighted by molar-refractivity contribution is -0.384. The molecular formula is C22H23F3N4O3. The fourth-order valence-electron chi connectivity index (χ4n) is 3.78. The maximum atomic E-state index is 12.9. The van der Waals surface area contributed by atoms with Gasteiger partial charge in [-0.2, -0.15) is 13.2 Å². The van der Waals surface area contributed by atoms with Gasteiger partial charge < -0.3 is 10.2 Å². The maximum absolute atomic E-state index is 12.9. The van der Waals surface area contributed by atoms with E-state index < -0.39 is 16.7 Å². The number of hydrogen-bond acceptors (Lipinski definition) is 5. The highest BCUT2D eigenvalue weighted by Gasteiger charge is 2.31. The second-order valence-corrected chi connectivity index (χ2v) is 8.17. The molecule has 170 valence electrons. The number of nitrogens with zero attached hydrogens (tertiary/aromatic N) is 3. The van der Waals surface area contributed by atoms with Gasteiger partial charge in [0, 0.05) is 50.4 Å². The van der Waals surface area contributed by atoms with E-state index in [0.29, 0.717) is 44.0 Å². The van der Waals surface area contributed by atoms with Crippen LogP contribution in [0.15, 0.2) is 42.5 Å². The van der Waals surface area contributed by atoms with Gasteiger partial charge in [-0.3, -0.25) is 19.8 Å². The molecule has 1 saturated heterocycles. The van der Waals surface area contributed by atoms with Gasteiger partial charge in [-0.05, 0) is 36.6 Å². The van der Waals surface area contributed by atoms with E-state index in [2.05, 4.69) is 5.32 Å². The standard InChI is InChI=1S/C22H23F3N4O3/c23-22(24,25)17-3-1-2-15(12-17)14-27-8-10-28(11-9-27)21(30)16-4-7-19(26-18-5-6-18)20(13-16)29(31)32/h1-4,7,12-13,18,26H,5-6,8-11,14H2. The van der Waals surface area contributed by atoms with Gasteiger partial charge in [0.15, 0.2) is 0 Å². The predicted molar refractivity (Wildman–Crippen MR) is 112 cm³/mol. The third-order valence-electron chi connectivity index (χ3n) is 5.70. The summed E-state index contributed by atoms with van der Waals surface area (Å²) in [5, 5.41) is 14.6. The monoisotopic (exact) mass is 448 g/mol. The average Bonchev–Trinajstić information content (AvgIpc) is 3.57. The molecule has 1 N–H and O–H groups in total. The van der Waals surface area contributed by atoms with Crippen LogP contribution in [-0.4, -0.2) is 52.9 Å². The number of piperazine rings is 1. The Balaban J connectivity index is 1.37. The molecule has 1 aliphatic carbocycles. The molecule has 0 radical (unpaired) electrons. The summed E-state index contributed by atoms with van der Waals surface area (Å²) in [6.45, 7) is 2.16. The Hall–Kier alpha value is -3.14. The van der Waals surface area contributed by atoms with E-state index in [4.69, 9.17) is 0 Å². The number of anilines is 1. The summed E-state index contributed by atoms with van der Waals surface area (Å²) < 4.78 is 38.7. The Bertz CT molecular complexity index is 1020. The van der Waals surface area contributed by atoms with E-state index in [0.717, 1.165) is 25.0 Å². The molecule has 0 bridgehead atoms. The molecule has 4 rings (SSSR count). The molecule has 10 heteroatoms. The minimum atomic E-state index is -4.38. The van der Waals surface area contributed by atoms with Crippen molar-refractivity contribution in [3.05, 3.63) is 69.3 Å². The van der Waals surface area contributed by atoms with Crippen LogP contribution in [0.3, 0.4) is 0 Å². The number of amides is 1. The smallest absolute Gasteiger partial charge is 0.377 e. The van der Waals surface area contributed by atoms with Gasteiger partial charge in [-0.15, -0.1) is 0 Å². The Morgan fingerprint density at radius 3 is 2.44 bits per heavy atom. The van der Waals surface area contributed by atoms with Crippen molar-refractivity contribution in [3.8, 4) is 0 Å². The lowest BCUT2D eigenvalue weighted by Crippen LogP contribution is -2.48. The Labute approximate surface area is 183 Å². The first-order chi connectivity index (χ1) is 15.2. The fourth-order valence-corrected chi connectivity index (χ4v) is 3.78. The molecule has 2 aliphatic rings. The van der Waals surface area contributed by atoms with Gasteiger partial charge in [0.05, 0.1) is 10.5 Å². The number of nitro groups is 1. The van der Waals surface area contributed by atoms with Gasteiger partial charge >= 0.3 is 6.18 Å². The predicted octanol–water partition coefficient (Wildman–Crippen LogP) is 4.15. The van der Waals surface area contributed by atoms with Crippen molar-refractivity contribution in [1.82, 2.24) is 9.80 Å². The summed E-state index contributed by atoms with van der Waals surface area (Å²) in [7, 11) is 0. The summed E-state index contributed by atoms with van der Waals surface area (Å²) in [6, 6.07) is 9.97. The van der Waals surface area contributed by atoms with Crippen LogP contribution < -0.4 is 5.32 Å². The number of nitrogens with one attached hydrogen (secondary N) is 1. The summed E-state index contributed by atoms with van der Waals surface area (Å²) in [5.41, 5.74) is 0.439. The first-order valence-corrected chi connectivity index (χ1v) is 10.4. The molecular weight excluding hydrogens is 425 g/mol. The number of nitro benzene ring substituents is 1. The van der Waals surface area contributed by atoms with E-state index in [-0.39, 0.29) is 23.2 Å². The van der Waals surface area contributed by atoms with Crippen molar-refractivity contribution in [2.24, 2.45) is 0 Å². The number of halogens is 3. The van der Waals surface area contributed by atoms with Crippen LogP contribution >= 0.6 is 0 Å².